The predicted molar refractivity (Wildman–Crippen MR) is 95.1 cm³/mol. The summed E-state index contributed by atoms with van der Waals surface area (Å²) in [5.74, 6) is 1.67. The molecule has 1 aliphatic rings. The van der Waals surface area contributed by atoms with E-state index >= 15 is 0 Å². The fourth-order valence-electron chi connectivity index (χ4n) is 2.72. The molecule has 0 spiro atoms. The molecule has 2 aromatic rings. The van der Waals surface area contributed by atoms with E-state index in [9.17, 15) is 4.79 Å². The van der Waals surface area contributed by atoms with Gasteiger partial charge in [-0.3, -0.25) is 4.79 Å². The quantitative estimate of drug-likeness (QED) is 0.895. The first-order chi connectivity index (χ1) is 12.1. The minimum absolute atomic E-state index is 0.0697. The van der Waals surface area contributed by atoms with Crippen molar-refractivity contribution < 1.29 is 14.3 Å². The van der Waals surface area contributed by atoms with Gasteiger partial charge in [-0.25, -0.2) is 9.97 Å². The van der Waals surface area contributed by atoms with Gasteiger partial charge in [-0.15, -0.1) is 0 Å². The Kier molecular flexibility index (Phi) is 5.45. The van der Waals surface area contributed by atoms with Crippen molar-refractivity contribution in [1.29, 1.82) is 0 Å². The van der Waals surface area contributed by atoms with Crippen LogP contribution in [-0.4, -0.2) is 48.8 Å². The SMILES string of the molecule is Cc1cc(C)cc(OCC(=O)Nc2cc(N3CCOCC3)ncn2)c1. The average Bonchev–Trinajstić information content (AvgIpc) is 2.60. The number of nitrogens with one attached hydrogen (secondary N) is 1. The van der Waals surface area contributed by atoms with E-state index in [4.69, 9.17) is 9.47 Å². The molecule has 1 N–H and O–H groups in total. The molecule has 7 nitrogen and oxygen atoms in total. The van der Waals surface area contributed by atoms with Crippen LogP contribution < -0.4 is 15.0 Å². The van der Waals surface area contributed by atoms with E-state index in [0.29, 0.717) is 24.8 Å². The number of anilines is 2. The lowest BCUT2D eigenvalue weighted by atomic mass is 10.1. The fraction of sp³-hybridized carbons (Fsp3) is 0.389. The van der Waals surface area contributed by atoms with Crippen molar-refractivity contribution in [2.24, 2.45) is 0 Å². The highest BCUT2D eigenvalue weighted by atomic mass is 16.5. The zero-order valence-corrected chi connectivity index (χ0v) is 14.5. The van der Waals surface area contributed by atoms with Crippen LogP contribution in [-0.2, 0) is 9.53 Å². The van der Waals surface area contributed by atoms with Gasteiger partial charge < -0.3 is 19.7 Å². The largest absolute Gasteiger partial charge is 0.484 e. The van der Waals surface area contributed by atoms with Gasteiger partial charge in [0.2, 0.25) is 0 Å². The summed E-state index contributed by atoms with van der Waals surface area (Å²) in [6.07, 6.45) is 1.45. The molecule has 0 atom stereocenters. The van der Waals surface area contributed by atoms with Crippen molar-refractivity contribution in [3.8, 4) is 5.75 Å². The summed E-state index contributed by atoms with van der Waals surface area (Å²) in [6, 6.07) is 7.63. The van der Waals surface area contributed by atoms with E-state index in [1.54, 1.807) is 6.07 Å². The summed E-state index contributed by atoms with van der Waals surface area (Å²) < 4.78 is 10.9. The Morgan fingerprint density at radius 2 is 1.88 bits per heavy atom. The molecule has 0 aliphatic carbocycles. The average molecular weight is 342 g/mol. The number of aryl methyl sites for hydroxylation is 2. The van der Waals surface area contributed by atoms with Gasteiger partial charge in [0.05, 0.1) is 13.2 Å². The number of amides is 1. The fourth-order valence-corrected chi connectivity index (χ4v) is 2.72. The van der Waals surface area contributed by atoms with Crippen molar-refractivity contribution >= 4 is 17.5 Å². The molecule has 3 rings (SSSR count). The molecule has 0 bridgehead atoms. The van der Waals surface area contributed by atoms with Crippen molar-refractivity contribution in [3.63, 3.8) is 0 Å². The minimum atomic E-state index is -0.259. The van der Waals surface area contributed by atoms with Crippen LogP contribution in [0.4, 0.5) is 11.6 Å². The summed E-state index contributed by atoms with van der Waals surface area (Å²) in [6.45, 7) is 6.83. The van der Waals surface area contributed by atoms with Crippen molar-refractivity contribution in [3.05, 3.63) is 41.7 Å². The summed E-state index contributed by atoms with van der Waals surface area (Å²) in [5.41, 5.74) is 2.20. The van der Waals surface area contributed by atoms with E-state index in [1.807, 2.05) is 26.0 Å². The number of hydrogen-bond acceptors (Lipinski definition) is 6. The molecule has 0 unspecified atom stereocenters. The Morgan fingerprint density at radius 3 is 2.60 bits per heavy atom. The minimum Gasteiger partial charge on any atom is -0.484 e. The third kappa shape index (κ3) is 4.90. The number of rotatable bonds is 5. The highest BCUT2D eigenvalue weighted by Gasteiger charge is 2.14. The molecule has 1 aliphatic heterocycles. The van der Waals surface area contributed by atoms with Gasteiger partial charge in [-0.1, -0.05) is 6.07 Å². The Bertz CT molecular complexity index is 725. The van der Waals surface area contributed by atoms with Gasteiger partial charge in [0.25, 0.3) is 5.91 Å². The van der Waals surface area contributed by atoms with Gasteiger partial charge in [-0.05, 0) is 37.1 Å². The zero-order chi connectivity index (χ0) is 17.6. The topological polar surface area (TPSA) is 76.6 Å². The van der Waals surface area contributed by atoms with Gasteiger partial charge in [0, 0.05) is 19.2 Å². The van der Waals surface area contributed by atoms with Crippen LogP contribution >= 0.6 is 0 Å². The highest BCUT2D eigenvalue weighted by Crippen LogP contribution is 2.17. The van der Waals surface area contributed by atoms with Crippen LogP contribution in [0.25, 0.3) is 0 Å². The predicted octanol–water partition coefficient (Wildman–Crippen LogP) is 1.95. The van der Waals surface area contributed by atoms with E-state index in [1.165, 1.54) is 6.33 Å². The van der Waals surface area contributed by atoms with Gasteiger partial charge in [0.1, 0.15) is 23.7 Å². The van der Waals surface area contributed by atoms with Crippen LogP contribution in [0, 0.1) is 13.8 Å². The monoisotopic (exact) mass is 342 g/mol. The molecule has 1 saturated heterocycles. The van der Waals surface area contributed by atoms with Crippen LogP contribution in [0.5, 0.6) is 5.75 Å². The van der Waals surface area contributed by atoms with Crippen molar-refractivity contribution in [2.75, 3.05) is 43.1 Å². The van der Waals surface area contributed by atoms with Crippen LogP contribution in [0.2, 0.25) is 0 Å². The Morgan fingerprint density at radius 1 is 1.16 bits per heavy atom. The number of hydrogen-bond donors (Lipinski definition) is 1. The molecule has 1 aromatic heterocycles. The maximum Gasteiger partial charge on any atom is 0.263 e. The maximum absolute atomic E-state index is 12.1. The molecule has 1 aromatic carbocycles. The van der Waals surface area contributed by atoms with E-state index in [0.717, 1.165) is 30.0 Å². The highest BCUT2D eigenvalue weighted by molar-refractivity contribution is 5.91. The molecular formula is C18H22N4O3. The summed E-state index contributed by atoms with van der Waals surface area (Å²) in [4.78, 5) is 22.6. The third-order valence-electron chi connectivity index (χ3n) is 3.82. The Hall–Kier alpha value is -2.67. The van der Waals surface area contributed by atoms with Crippen LogP contribution in [0.3, 0.4) is 0 Å². The second kappa shape index (κ2) is 7.94. The number of carbonyl (C=O) groups excluding carboxylic acids is 1. The standard InChI is InChI=1S/C18H22N4O3/c1-13-7-14(2)9-15(8-13)25-11-18(23)21-16-10-17(20-12-19-16)22-3-5-24-6-4-22/h7-10,12H,3-6,11H2,1-2H3,(H,19,20,21,23). The van der Waals surface area contributed by atoms with Crippen LogP contribution in [0.1, 0.15) is 11.1 Å². The molecule has 0 saturated carbocycles. The molecule has 1 fully saturated rings. The lowest BCUT2D eigenvalue weighted by molar-refractivity contribution is -0.118. The second-order valence-corrected chi connectivity index (χ2v) is 6.02. The number of nitrogens with zero attached hydrogens (tertiary/aromatic N) is 3. The number of aromatic nitrogens is 2. The number of carbonyl (C=O) groups is 1. The molecule has 7 heteroatoms. The lowest BCUT2D eigenvalue weighted by Crippen LogP contribution is -2.36. The van der Waals surface area contributed by atoms with E-state index < -0.39 is 0 Å². The van der Waals surface area contributed by atoms with E-state index in [2.05, 4.69) is 26.3 Å². The summed E-state index contributed by atoms with van der Waals surface area (Å²) >= 11 is 0. The van der Waals surface area contributed by atoms with Gasteiger partial charge >= 0.3 is 0 Å². The van der Waals surface area contributed by atoms with E-state index in [-0.39, 0.29) is 12.5 Å². The molecule has 25 heavy (non-hydrogen) atoms. The summed E-state index contributed by atoms with van der Waals surface area (Å²) in [7, 11) is 0. The first kappa shape index (κ1) is 17.2. The number of morpholine rings is 1. The number of ether oxygens (including phenoxy) is 2. The summed E-state index contributed by atoms with van der Waals surface area (Å²) in [5, 5.41) is 2.75. The molecular weight excluding hydrogens is 320 g/mol. The zero-order valence-electron chi connectivity index (χ0n) is 14.5. The first-order valence-electron chi connectivity index (χ1n) is 8.26. The third-order valence-corrected chi connectivity index (χ3v) is 3.82. The van der Waals surface area contributed by atoms with Crippen LogP contribution in [0.15, 0.2) is 30.6 Å². The first-order valence-corrected chi connectivity index (χ1v) is 8.26. The normalized spacial score (nSPS) is 14.2. The Labute approximate surface area is 147 Å². The van der Waals surface area contributed by atoms with Gasteiger partial charge in [-0.2, -0.15) is 0 Å². The Balaban J connectivity index is 1.57. The molecule has 132 valence electrons. The smallest absolute Gasteiger partial charge is 0.263 e. The molecule has 1 amide bonds. The van der Waals surface area contributed by atoms with Crippen molar-refractivity contribution in [2.45, 2.75) is 13.8 Å². The van der Waals surface area contributed by atoms with Gasteiger partial charge in [0.15, 0.2) is 6.61 Å². The van der Waals surface area contributed by atoms with Crippen molar-refractivity contribution in [1.82, 2.24) is 9.97 Å². The number of benzene rings is 1. The molecule has 2 heterocycles. The second-order valence-electron chi connectivity index (χ2n) is 6.02. The molecule has 0 radical (unpaired) electrons. The lowest BCUT2D eigenvalue weighted by Gasteiger charge is -2.27. The maximum atomic E-state index is 12.1.